The van der Waals surface area contributed by atoms with Gasteiger partial charge in [0, 0.05) is 13.0 Å². The smallest absolute Gasteiger partial charge is 0.242 e. The van der Waals surface area contributed by atoms with Crippen molar-refractivity contribution in [1.29, 1.82) is 0 Å². The Bertz CT molecular complexity index is 625. The maximum atomic E-state index is 11.7. The first-order chi connectivity index (χ1) is 9.36. The third-order valence-corrected chi connectivity index (χ3v) is 3.96. The van der Waals surface area contributed by atoms with Gasteiger partial charge >= 0.3 is 0 Å². The molecule has 2 rings (SSSR count). The predicted octanol–water partition coefficient (Wildman–Crippen LogP) is -0.771. The molecule has 4 N–H and O–H groups in total. The molecule has 1 heterocycles. The van der Waals surface area contributed by atoms with Crippen LogP contribution in [-0.4, -0.2) is 26.3 Å². The van der Waals surface area contributed by atoms with Crippen molar-refractivity contribution in [2.45, 2.75) is 30.3 Å². The molecule has 1 aliphatic heterocycles. The molecule has 1 aromatic carbocycles. The summed E-state index contributed by atoms with van der Waals surface area (Å²) in [5.74, 6) is -0.367. The Balaban J connectivity index is 1.91. The summed E-state index contributed by atoms with van der Waals surface area (Å²) < 4.78 is 22.2. The van der Waals surface area contributed by atoms with Crippen molar-refractivity contribution in [3.63, 3.8) is 0 Å². The molecule has 1 unspecified atom stereocenters. The van der Waals surface area contributed by atoms with E-state index in [2.05, 4.69) is 10.6 Å². The van der Waals surface area contributed by atoms with Crippen LogP contribution in [0.3, 0.4) is 0 Å². The van der Waals surface area contributed by atoms with Gasteiger partial charge in [-0.15, -0.1) is 0 Å². The van der Waals surface area contributed by atoms with E-state index < -0.39 is 16.1 Å². The van der Waals surface area contributed by atoms with E-state index in [1.807, 2.05) is 0 Å². The lowest BCUT2D eigenvalue weighted by molar-refractivity contribution is -0.125. The SMILES string of the molecule is NS(=O)(=O)c1ccc(CNC(=O)C2CCC(=O)N2)cc1. The maximum Gasteiger partial charge on any atom is 0.242 e. The van der Waals surface area contributed by atoms with Crippen molar-refractivity contribution >= 4 is 21.8 Å². The molecular weight excluding hydrogens is 282 g/mol. The van der Waals surface area contributed by atoms with Crippen LogP contribution in [0.4, 0.5) is 0 Å². The molecule has 8 heteroatoms. The molecule has 1 fully saturated rings. The Morgan fingerprint density at radius 1 is 1.35 bits per heavy atom. The highest BCUT2D eigenvalue weighted by atomic mass is 32.2. The molecule has 7 nitrogen and oxygen atoms in total. The zero-order valence-corrected chi connectivity index (χ0v) is 11.4. The van der Waals surface area contributed by atoms with Crippen LogP contribution in [0, 0.1) is 0 Å². The summed E-state index contributed by atoms with van der Waals surface area (Å²) in [5, 5.41) is 10.2. The number of amides is 2. The molecule has 1 aromatic rings. The molecule has 1 atom stereocenters. The van der Waals surface area contributed by atoms with Crippen molar-refractivity contribution in [3.8, 4) is 0 Å². The average molecular weight is 297 g/mol. The number of hydrogen-bond acceptors (Lipinski definition) is 4. The molecule has 0 aromatic heterocycles. The molecule has 0 aliphatic carbocycles. The number of nitrogens with one attached hydrogen (secondary N) is 2. The van der Waals surface area contributed by atoms with E-state index >= 15 is 0 Å². The number of rotatable bonds is 4. The third kappa shape index (κ3) is 3.55. The lowest BCUT2D eigenvalue weighted by Crippen LogP contribution is -2.41. The van der Waals surface area contributed by atoms with Gasteiger partial charge < -0.3 is 10.6 Å². The number of carbonyl (C=O) groups is 2. The molecular formula is C12H15N3O4S. The molecule has 0 bridgehead atoms. The van der Waals surface area contributed by atoms with Crippen LogP contribution >= 0.6 is 0 Å². The molecule has 108 valence electrons. The molecule has 0 spiro atoms. The molecule has 1 saturated heterocycles. The molecule has 1 aliphatic rings. The zero-order valence-electron chi connectivity index (χ0n) is 10.6. The Morgan fingerprint density at radius 3 is 2.50 bits per heavy atom. The fraction of sp³-hybridized carbons (Fsp3) is 0.333. The summed E-state index contributed by atoms with van der Waals surface area (Å²) in [5.41, 5.74) is 0.745. The second-order valence-electron chi connectivity index (χ2n) is 4.57. The first-order valence-electron chi connectivity index (χ1n) is 6.05. The number of primary sulfonamides is 1. The van der Waals surface area contributed by atoms with E-state index in [1.165, 1.54) is 12.1 Å². The highest BCUT2D eigenvalue weighted by molar-refractivity contribution is 7.89. The van der Waals surface area contributed by atoms with Gasteiger partial charge in [0.15, 0.2) is 0 Å². The van der Waals surface area contributed by atoms with E-state index in [4.69, 9.17) is 5.14 Å². The van der Waals surface area contributed by atoms with Crippen LogP contribution in [0.5, 0.6) is 0 Å². The Labute approximate surface area is 116 Å². The summed E-state index contributed by atoms with van der Waals surface area (Å²) >= 11 is 0. The van der Waals surface area contributed by atoms with Crippen molar-refractivity contribution in [1.82, 2.24) is 10.6 Å². The Morgan fingerprint density at radius 2 is 2.00 bits per heavy atom. The van der Waals surface area contributed by atoms with Crippen molar-refractivity contribution in [3.05, 3.63) is 29.8 Å². The van der Waals surface area contributed by atoms with Crippen LogP contribution in [-0.2, 0) is 26.2 Å². The zero-order chi connectivity index (χ0) is 14.8. The first kappa shape index (κ1) is 14.5. The van der Waals surface area contributed by atoms with E-state index in [-0.39, 0.29) is 23.3 Å². The topological polar surface area (TPSA) is 118 Å². The maximum absolute atomic E-state index is 11.7. The lowest BCUT2D eigenvalue weighted by atomic mass is 10.2. The van der Waals surface area contributed by atoms with Crippen LogP contribution < -0.4 is 15.8 Å². The second-order valence-corrected chi connectivity index (χ2v) is 6.13. The van der Waals surface area contributed by atoms with Gasteiger partial charge in [0.2, 0.25) is 21.8 Å². The summed E-state index contributed by atoms with van der Waals surface area (Å²) in [7, 11) is -3.70. The van der Waals surface area contributed by atoms with Crippen LogP contribution in [0.15, 0.2) is 29.2 Å². The quantitative estimate of drug-likeness (QED) is 0.676. The standard InChI is InChI=1S/C12H15N3O4S/c13-20(18,19)9-3-1-8(2-4-9)7-14-12(17)10-5-6-11(16)15-10/h1-4,10H,5-7H2,(H,14,17)(H,15,16)(H2,13,18,19). The minimum Gasteiger partial charge on any atom is -0.350 e. The van der Waals surface area contributed by atoms with Gasteiger partial charge in [-0.1, -0.05) is 12.1 Å². The van der Waals surface area contributed by atoms with E-state index in [0.717, 1.165) is 5.56 Å². The number of benzene rings is 1. The lowest BCUT2D eigenvalue weighted by Gasteiger charge is -2.11. The number of hydrogen-bond donors (Lipinski definition) is 3. The van der Waals surface area contributed by atoms with Crippen LogP contribution in [0.25, 0.3) is 0 Å². The largest absolute Gasteiger partial charge is 0.350 e. The predicted molar refractivity (Wildman–Crippen MR) is 70.8 cm³/mol. The average Bonchev–Trinajstić information content (AvgIpc) is 2.82. The highest BCUT2D eigenvalue weighted by Crippen LogP contribution is 2.10. The monoisotopic (exact) mass is 297 g/mol. The summed E-state index contributed by atoms with van der Waals surface area (Å²) in [6, 6.07) is 5.44. The van der Waals surface area contributed by atoms with Gasteiger partial charge in [0.1, 0.15) is 6.04 Å². The van der Waals surface area contributed by atoms with Gasteiger partial charge in [0.05, 0.1) is 4.90 Å². The van der Waals surface area contributed by atoms with Crippen LogP contribution in [0.1, 0.15) is 18.4 Å². The van der Waals surface area contributed by atoms with E-state index in [0.29, 0.717) is 12.8 Å². The number of carbonyl (C=O) groups excluding carboxylic acids is 2. The number of sulfonamides is 1. The fourth-order valence-electron chi connectivity index (χ4n) is 1.92. The summed E-state index contributed by atoms with van der Waals surface area (Å²) in [4.78, 5) is 22.8. The Hall–Kier alpha value is -1.93. The van der Waals surface area contributed by atoms with Gasteiger partial charge in [-0.25, -0.2) is 13.6 Å². The molecule has 20 heavy (non-hydrogen) atoms. The molecule has 0 saturated carbocycles. The Kier molecular flexibility index (Phi) is 4.05. The van der Waals surface area contributed by atoms with Gasteiger partial charge in [-0.2, -0.15) is 0 Å². The highest BCUT2D eigenvalue weighted by Gasteiger charge is 2.26. The third-order valence-electron chi connectivity index (χ3n) is 3.03. The second kappa shape index (κ2) is 5.59. The van der Waals surface area contributed by atoms with E-state index in [1.54, 1.807) is 12.1 Å². The minimum absolute atomic E-state index is 0.0237. The van der Waals surface area contributed by atoms with Crippen molar-refractivity contribution in [2.75, 3.05) is 0 Å². The van der Waals surface area contributed by atoms with Crippen molar-refractivity contribution < 1.29 is 18.0 Å². The minimum atomic E-state index is -3.70. The van der Waals surface area contributed by atoms with Crippen molar-refractivity contribution in [2.24, 2.45) is 5.14 Å². The van der Waals surface area contributed by atoms with Gasteiger partial charge in [-0.3, -0.25) is 9.59 Å². The van der Waals surface area contributed by atoms with Crippen LogP contribution in [0.2, 0.25) is 0 Å². The number of nitrogens with two attached hydrogens (primary N) is 1. The summed E-state index contributed by atoms with van der Waals surface area (Å²) in [6.07, 6.45) is 0.857. The van der Waals surface area contributed by atoms with E-state index in [9.17, 15) is 18.0 Å². The molecule has 2 amide bonds. The van der Waals surface area contributed by atoms with Gasteiger partial charge in [-0.05, 0) is 24.1 Å². The normalized spacial score (nSPS) is 18.6. The molecule has 0 radical (unpaired) electrons. The first-order valence-corrected chi connectivity index (χ1v) is 7.60. The fourth-order valence-corrected chi connectivity index (χ4v) is 2.44. The summed E-state index contributed by atoms with van der Waals surface area (Å²) in [6.45, 7) is 0.260. The van der Waals surface area contributed by atoms with Gasteiger partial charge in [0.25, 0.3) is 0 Å².